The smallest absolute Gasteiger partial charge is 0.321 e. The minimum Gasteiger partial charge on any atom is -0.452 e. The fraction of sp³-hybridized carbons (Fsp3) is 0.524. The summed E-state index contributed by atoms with van der Waals surface area (Å²) in [5.74, 6) is -0.779. The van der Waals surface area contributed by atoms with Gasteiger partial charge in [0.05, 0.1) is 0 Å². The van der Waals surface area contributed by atoms with Gasteiger partial charge >= 0.3 is 5.97 Å². The van der Waals surface area contributed by atoms with Crippen molar-refractivity contribution in [2.75, 3.05) is 6.54 Å². The van der Waals surface area contributed by atoms with Crippen LogP contribution >= 0.6 is 0 Å². The maximum absolute atomic E-state index is 12.2. The number of carbonyl (C=O) groups excluding carboxylic acids is 2. The lowest BCUT2D eigenvalue weighted by Crippen LogP contribution is -2.46. The SMILES string of the molecule is Cc1ccc(/C=C/S(=O)(=O)NCC(=O)OC(C)C(=O)NC2CCCCC2C)cc1. The van der Waals surface area contributed by atoms with E-state index in [1.807, 2.05) is 19.1 Å². The monoisotopic (exact) mass is 422 g/mol. The van der Waals surface area contributed by atoms with Gasteiger partial charge in [0.15, 0.2) is 6.10 Å². The number of benzene rings is 1. The molecule has 7 nitrogen and oxygen atoms in total. The number of amides is 1. The van der Waals surface area contributed by atoms with E-state index in [4.69, 9.17) is 4.74 Å². The van der Waals surface area contributed by atoms with E-state index in [0.29, 0.717) is 5.92 Å². The zero-order valence-electron chi connectivity index (χ0n) is 17.2. The van der Waals surface area contributed by atoms with Gasteiger partial charge in [-0.3, -0.25) is 9.59 Å². The Morgan fingerprint density at radius 2 is 1.86 bits per heavy atom. The Labute approximate surface area is 173 Å². The molecule has 1 amide bonds. The molecule has 8 heteroatoms. The van der Waals surface area contributed by atoms with Crippen molar-refractivity contribution in [3.63, 3.8) is 0 Å². The normalized spacial score (nSPS) is 20.9. The predicted octanol–water partition coefficient (Wildman–Crippen LogP) is 2.51. The molecule has 0 radical (unpaired) electrons. The molecule has 2 N–H and O–H groups in total. The van der Waals surface area contributed by atoms with Gasteiger partial charge in [-0.1, -0.05) is 49.6 Å². The number of rotatable bonds is 8. The maximum Gasteiger partial charge on any atom is 0.321 e. The third-order valence-corrected chi connectivity index (χ3v) is 6.09. The second kappa shape index (κ2) is 10.5. The number of carbonyl (C=O) groups is 2. The Morgan fingerprint density at radius 1 is 1.21 bits per heavy atom. The Hall–Kier alpha value is -2.19. The molecule has 0 aromatic heterocycles. The molecule has 2 rings (SSSR count). The molecule has 160 valence electrons. The van der Waals surface area contributed by atoms with Crippen LogP contribution in [0.2, 0.25) is 0 Å². The van der Waals surface area contributed by atoms with Gasteiger partial charge in [-0.05, 0) is 44.2 Å². The van der Waals surface area contributed by atoms with Crippen LogP contribution < -0.4 is 10.0 Å². The standard InChI is InChI=1S/C21H30N2O5S/c1-15-8-10-18(11-9-15)12-13-29(26,27)22-14-20(24)28-17(3)21(25)23-19-7-5-4-6-16(19)2/h8-13,16-17,19,22H,4-7,14H2,1-3H3,(H,23,25)/b13-12+. The number of hydrogen-bond donors (Lipinski definition) is 2. The van der Waals surface area contributed by atoms with E-state index >= 15 is 0 Å². The van der Waals surface area contributed by atoms with Crippen LogP contribution in [-0.2, 0) is 24.3 Å². The van der Waals surface area contributed by atoms with Gasteiger partial charge in [0, 0.05) is 11.4 Å². The van der Waals surface area contributed by atoms with Crippen LogP contribution in [0.1, 0.15) is 50.7 Å². The van der Waals surface area contributed by atoms with E-state index < -0.39 is 28.6 Å². The van der Waals surface area contributed by atoms with Crippen LogP contribution in [0.5, 0.6) is 0 Å². The molecule has 3 atom stereocenters. The van der Waals surface area contributed by atoms with Gasteiger partial charge in [0.2, 0.25) is 10.0 Å². The Bertz CT molecular complexity index is 833. The predicted molar refractivity (Wildman–Crippen MR) is 112 cm³/mol. The summed E-state index contributed by atoms with van der Waals surface area (Å²) in [7, 11) is -3.80. The molecular weight excluding hydrogens is 392 g/mol. The Morgan fingerprint density at radius 3 is 2.52 bits per heavy atom. The minimum absolute atomic E-state index is 0.0859. The molecule has 0 heterocycles. The van der Waals surface area contributed by atoms with E-state index in [9.17, 15) is 18.0 Å². The number of sulfonamides is 1. The summed E-state index contributed by atoms with van der Waals surface area (Å²) in [4.78, 5) is 24.2. The van der Waals surface area contributed by atoms with Crippen molar-refractivity contribution in [3.05, 3.63) is 40.8 Å². The molecule has 0 spiro atoms. The minimum atomic E-state index is -3.80. The first kappa shape index (κ1) is 23.1. The first-order chi connectivity index (χ1) is 13.7. The third-order valence-electron chi connectivity index (χ3n) is 5.05. The van der Waals surface area contributed by atoms with Gasteiger partial charge in [-0.25, -0.2) is 13.1 Å². The summed E-state index contributed by atoms with van der Waals surface area (Å²) in [5, 5.41) is 3.91. The lowest BCUT2D eigenvalue weighted by atomic mass is 9.86. The van der Waals surface area contributed by atoms with Crippen LogP contribution in [0.15, 0.2) is 29.7 Å². The van der Waals surface area contributed by atoms with E-state index in [1.54, 1.807) is 12.1 Å². The fourth-order valence-electron chi connectivity index (χ4n) is 3.18. The van der Waals surface area contributed by atoms with E-state index in [2.05, 4.69) is 17.0 Å². The molecule has 3 unspecified atom stereocenters. The summed E-state index contributed by atoms with van der Waals surface area (Å²) in [6, 6.07) is 7.42. The van der Waals surface area contributed by atoms with E-state index in [-0.39, 0.29) is 11.9 Å². The molecule has 0 bridgehead atoms. The largest absolute Gasteiger partial charge is 0.452 e. The van der Waals surface area contributed by atoms with Gasteiger partial charge in [0.25, 0.3) is 5.91 Å². The van der Waals surface area contributed by atoms with E-state index in [0.717, 1.165) is 42.2 Å². The summed E-state index contributed by atoms with van der Waals surface area (Å²) in [6.45, 7) is 4.97. The zero-order chi connectivity index (χ0) is 21.4. The van der Waals surface area contributed by atoms with Gasteiger partial charge in [-0.15, -0.1) is 0 Å². The average molecular weight is 423 g/mol. The second-order valence-electron chi connectivity index (χ2n) is 7.59. The van der Waals surface area contributed by atoms with Crippen LogP contribution in [0.3, 0.4) is 0 Å². The average Bonchev–Trinajstić information content (AvgIpc) is 2.68. The van der Waals surface area contributed by atoms with Gasteiger partial charge in [-0.2, -0.15) is 0 Å². The molecular formula is C21H30N2O5S. The molecule has 1 saturated carbocycles. The highest BCUT2D eigenvalue weighted by atomic mass is 32.2. The van der Waals surface area contributed by atoms with Crippen molar-refractivity contribution in [2.45, 2.75) is 58.6 Å². The first-order valence-corrected chi connectivity index (χ1v) is 11.4. The lowest BCUT2D eigenvalue weighted by molar-refractivity contribution is -0.154. The molecule has 1 aliphatic rings. The van der Waals surface area contributed by atoms with Gasteiger partial charge < -0.3 is 10.1 Å². The summed E-state index contributed by atoms with van der Waals surface area (Å²) in [6.07, 6.45) is 4.67. The third kappa shape index (κ3) is 7.98. The summed E-state index contributed by atoms with van der Waals surface area (Å²) >= 11 is 0. The maximum atomic E-state index is 12.2. The highest BCUT2D eigenvalue weighted by molar-refractivity contribution is 7.92. The van der Waals surface area contributed by atoms with Crippen molar-refractivity contribution >= 4 is 28.0 Å². The number of esters is 1. The summed E-state index contributed by atoms with van der Waals surface area (Å²) < 4.78 is 31.2. The molecule has 1 fully saturated rings. The highest BCUT2D eigenvalue weighted by Crippen LogP contribution is 2.23. The zero-order valence-corrected chi connectivity index (χ0v) is 18.0. The lowest BCUT2D eigenvalue weighted by Gasteiger charge is -2.30. The molecule has 1 aliphatic carbocycles. The molecule has 1 aromatic carbocycles. The van der Waals surface area contributed by atoms with Crippen molar-refractivity contribution in [3.8, 4) is 0 Å². The molecule has 29 heavy (non-hydrogen) atoms. The fourth-order valence-corrected chi connectivity index (χ4v) is 3.93. The highest BCUT2D eigenvalue weighted by Gasteiger charge is 2.26. The van der Waals surface area contributed by atoms with Crippen LogP contribution in [0.4, 0.5) is 0 Å². The van der Waals surface area contributed by atoms with Gasteiger partial charge in [0.1, 0.15) is 6.54 Å². The van der Waals surface area contributed by atoms with Crippen LogP contribution in [-0.4, -0.2) is 39.0 Å². The first-order valence-electron chi connectivity index (χ1n) is 9.90. The van der Waals surface area contributed by atoms with Crippen molar-refractivity contribution in [1.82, 2.24) is 10.0 Å². The van der Waals surface area contributed by atoms with Crippen molar-refractivity contribution < 1.29 is 22.7 Å². The summed E-state index contributed by atoms with van der Waals surface area (Å²) in [5.41, 5.74) is 1.80. The Kier molecular flexibility index (Phi) is 8.40. The topological polar surface area (TPSA) is 102 Å². The van der Waals surface area contributed by atoms with Crippen LogP contribution in [0.25, 0.3) is 6.08 Å². The quantitative estimate of drug-likeness (QED) is 0.627. The van der Waals surface area contributed by atoms with Crippen LogP contribution in [0, 0.1) is 12.8 Å². The molecule has 1 aromatic rings. The van der Waals surface area contributed by atoms with Crippen molar-refractivity contribution in [1.29, 1.82) is 0 Å². The van der Waals surface area contributed by atoms with Crippen molar-refractivity contribution in [2.24, 2.45) is 5.92 Å². The molecule has 0 saturated heterocycles. The number of aryl methyl sites for hydroxylation is 1. The number of nitrogens with one attached hydrogen (secondary N) is 2. The number of ether oxygens (including phenoxy) is 1. The van der Waals surface area contributed by atoms with E-state index in [1.165, 1.54) is 13.0 Å². The Balaban J connectivity index is 1.78. The molecule has 0 aliphatic heterocycles. The second-order valence-corrected chi connectivity index (χ2v) is 9.24. The number of hydrogen-bond acceptors (Lipinski definition) is 5.